The Morgan fingerprint density at radius 2 is 1.86 bits per heavy atom. The van der Waals surface area contributed by atoms with Gasteiger partial charge in [0, 0.05) is 22.0 Å². The number of benzene rings is 2. The largest absolute Gasteiger partial charge is 0.487 e. The number of hydrogen-bond donors (Lipinski definition) is 1. The molecule has 2 aromatic carbocycles. The van der Waals surface area contributed by atoms with E-state index < -0.39 is 0 Å². The van der Waals surface area contributed by atoms with Crippen LogP contribution >= 0.6 is 23.2 Å². The van der Waals surface area contributed by atoms with Gasteiger partial charge >= 0.3 is 0 Å². The highest BCUT2D eigenvalue weighted by Crippen LogP contribution is 2.29. The molecule has 3 rings (SSSR count). The molecule has 3 nitrogen and oxygen atoms in total. The lowest BCUT2D eigenvalue weighted by molar-refractivity contribution is 0.307. The molecule has 0 aliphatic rings. The summed E-state index contributed by atoms with van der Waals surface area (Å²) in [5, 5.41) is 2.09. The number of nitrogens with zero attached hydrogens (tertiary/aromatic N) is 1. The SMILES string of the molecule is Nc1nc2ccccc2cc1COc1cc(Cl)ccc1Cl. The van der Waals surface area contributed by atoms with Crippen LogP contribution in [-0.2, 0) is 6.61 Å². The summed E-state index contributed by atoms with van der Waals surface area (Å²) in [7, 11) is 0. The first kappa shape index (κ1) is 14.0. The molecule has 0 fully saturated rings. The van der Waals surface area contributed by atoms with E-state index in [2.05, 4.69) is 4.98 Å². The Balaban J connectivity index is 1.88. The fraction of sp³-hybridized carbons (Fsp3) is 0.0625. The Bertz CT molecular complexity index is 805. The summed E-state index contributed by atoms with van der Waals surface area (Å²) in [4.78, 5) is 4.37. The van der Waals surface area contributed by atoms with E-state index in [0.29, 0.717) is 21.6 Å². The van der Waals surface area contributed by atoms with Gasteiger partial charge in [0.25, 0.3) is 0 Å². The maximum Gasteiger partial charge on any atom is 0.139 e. The van der Waals surface area contributed by atoms with Crippen molar-refractivity contribution in [2.24, 2.45) is 0 Å². The maximum atomic E-state index is 6.07. The Hall–Kier alpha value is -1.97. The zero-order valence-corrected chi connectivity index (χ0v) is 12.5. The number of aromatic nitrogens is 1. The number of anilines is 1. The summed E-state index contributed by atoms with van der Waals surface area (Å²) in [5.74, 6) is 0.976. The third-order valence-corrected chi connectivity index (χ3v) is 3.66. The number of nitrogen functional groups attached to an aromatic ring is 1. The number of nitrogens with two attached hydrogens (primary N) is 1. The van der Waals surface area contributed by atoms with Crippen molar-refractivity contribution in [2.75, 3.05) is 5.73 Å². The van der Waals surface area contributed by atoms with Gasteiger partial charge in [0.05, 0.1) is 10.5 Å². The molecule has 0 aliphatic heterocycles. The summed E-state index contributed by atoms with van der Waals surface area (Å²) in [5.41, 5.74) is 7.64. The van der Waals surface area contributed by atoms with Gasteiger partial charge in [-0.1, -0.05) is 41.4 Å². The van der Waals surface area contributed by atoms with Gasteiger partial charge in [0.2, 0.25) is 0 Å². The minimum Gasteiger partial charge on any atom is -0.487 e. The number of halogens is 2. The number of hydrogen-bond acceptors (Lipinski definition) is 3. The van der Waals surface area contributed by atoms with Crippen LogP contribution in [0, 0.1) is 0 Å². The average Bonchev–Trinajstić information content (AvgIpc) is 2.48. The molecule has 106 valence electrons. The van der Waals surface area contributed by atoms with Crippen molar-refractivity contribution >= 4 is 39.9 Å². The lowest BCUT2D eigenvalue weighted by atomic mass is 10.1. The Kier molecular flexibility index (Phi) is 3.86. The molecular formula is C16H12Cl2N2O. The molecular weight excluding hydrogens is 307 g/mol. The number of rotatable bonds is 3. The van der Waals surface area contributed by atoms with Crippen molar-refractivity contribution in [2.45, 2.75) is 6.61 Å². The van der Waals surface area contributed by atoms with Crippen LogP contribution in [0.3, 0.4) is 0 Å². The molecule has 5 heteroatoms. The third kappa shape index (κ3) is 3.04. The monoisotopic (exact) mass is 318 g/mol. The molecule has 2 N–H and O–H groups in total. The van der Waals surface area contributed by atoms with Gasteiger partial charge in [0.1, 0.15) is 18.2 Å². The fourth-order valence-electron chi connectivity index (χ4n) is 2.03. The molecule has 0 bridgehead atoms. The first-order valence-electron chi connectivity index (χ1n) is 6.35. The molecule has 21 heavy (non-hydrogen) atoms. The molecule has 1 heterocycles. The van der Waals surface area contributed by atoms with Crippen LogP contribution in [0.25, 0.3) is 10.9 Å². The second-order valence-electron chi connectivity index (χ2n) is 4.59. The fourth-order valence-corrected chi connectivity index (χ4v) is 2.37. The molecule has 0 spiro atoms. The number of fused-ring (bicyclic) bond motifs is 1. The van der Waals surface area contributed by atoms with Gasteiger partial charge in [-0.25, -0.2) is 4.98 Å². The van der Waals surface area contributed by atoms with Crippen molar-refractivity contribution in [1.29, 1.82) is 0 Å². The van der Waals surface area contributed by atoms with Crippen molar-refractivity contribution in [1.82, 2.24) is 4.98 Å². The standard InChI is InChI=1S/C16H12Cl2N2O/c17-12-5-6-13(18)15(8-12)21-9-11-7-10-3-1-2-4-14(10)20-16(11)19/h1-8H,9H2,(H2,19,20). The minimum atomic E-state index is 0.281. The second-order valence-corrected chi connectivity index (χ2v) is 5.43. The average molecular weight is 319 g/mol. The van der Waals surface area contributed by atoms with Crippen LogP contribution in [0.2, 0.25) is 10.0 Å². The molecule has 0 saturated heterocycles. The first-order chi connectivity index (χ1) is 10.1. The van der Waals surface area contributed by atoms with Gasteiger partial charge in [-0.05, 0) is 24.3 Å². The molecule has 3 aromatic rings. The molecule has 0 saturated carbocycles. The lowest BCUT2D eigenvalue weighted by Gasteiger charge is -2.11. The number of para-hydroxylation sites is 1. The van der Waals surface area contributed by atoms with Crippen LogP contribution in [-0.4, -0.2) is 4.98 Å². The van der Waals surface area contributed by atoms with Crippen molar-refractivity contribution in [3.8, 4) is 5.75 Å². The van der Waals surface area contributed by atoms with Crippen LogP contribution in [0.5, 0.6) is 5.75 Å². The number of pyridine rings is 1. The van der Waals surface area contributed by atoms with Crippen molar-refractivity contribution in [3.63, 3.8) is 0 Å². The number of ether oxygens (including phenoxy) is 1. The van der Waals surface area contributed by atoms with Gasteiger partial charge in [0.15, 0.2) is 0 Å². The van der Waals surface area contributed by atoms with E-state index in [1.54, 1.807) is 18.2 Å². The van der Waals surface area contributed by atoms with Crippen molar-refractivity contribution < 1.29 is 4.74 Å². The van der Waals surface area contributed by atoms with Crippen LogP contribution in [0.4, 0.5) is 5.82 Å². The molecule has 0 aliphatic carbocycles. The predicted molar refractivity (Wildman–Crippen MR) is 86.9 cm³/mol. The lowest BCUT2D eigenvalue weighted by Crippen LogP contribution is -2.03. The highest BCUT2D eigenvalue weighted by atomic mass is 35.5. The Labute approximate surface area is 132 Å². The summed E-state index contributed by atoms with van der Waals surface area (Å²) in [6, 6.07) is 14.8. The smallest absolute Gasteiger partial charge is 0.139 e. The molecule has 0 atom stereocenters. The van der Waals surface area contributed by atoms with E-state index in [0.717, 1.165) is 16.5 Å². The molecule has 0 unspecified atom stereocenters. The third-order valence-electron chi connectivity index (χ3n) is 3.11. The first-order valence-corrected chi connectivity index (χ1v) is 7.11. The molecule has 1 aromatic heterocycles. The topological polar surface area (TPSA) is 48.1 Å². The van der Waals surface area contributed by atoms with Crippen LogP contribution in [0.15, 0.2) is 48.5 Å². The maximum absolute atomic E-state index is 6.07. The summed E-state index contributed by atoms with van der Waals surface area (Å²) in [6.07, 6.45) is 0. The Morgan fingerprint density at radius 1 is 1.05 bits per heavy atom. The van der Waals surface area contributed by atoms with Gasteiger partial charge < -0.3 is 10.5 Å². The predicted octanol–water partition coefficient (Wildman–Crippen LogP) is 4.70. The zero-order chi connectivity index (χ0) is 14.8. The second kappa shape index (κ2) is 5.80. The molecule has 0 amide bonds. The van der Waals surface area contributed by atoms with Crippen molar-refractivity contribution in [3.05, 3.63) is 64.1 Å². The zero-order valence-electron chi connectivity index (χ0n) is 11.0. The summed E-state index contributed by atoms with van der Waals surface area (Å²) < 4.78 is 5.70. The van der Waals surface area contributed by atoms with Crippen LogP contribution in [0.1, 0.15) is 5.56 Å². The van der Waals surface area contributed by atoms with Gasteiger partial charge in [-0.3, -0.25) is 0 Å². The van der Waals surface area contributed by atoms with E-state index in [-0.39, 0.29) is 6.61 Å². The highest BCUT2D eigenvalue weighted by molar-refractivity contribution is 6.34. The molecule has 0 radical (unpaired) electrons. The summed E-state index contributed by atoms with van der Waals surface area (Å²) >= 11 is 12.0. The van der Waals surface area contributed by atoms with Gasteiger partial charge in [-0.15, -0.1) is 0 Å². The van der Waals surface area contributed by atoms with E-state index in [1.807, 2.05) is 30.3 Å². The van der Waals surface area contributed by atoms with E-state index >= 15 is 0 Å². The van der Waals surface area contributed by atoms with Crippen LogP contribution < -0.4 is 10.5 Å². The summed E-state index contributed by atoms with van der Waals surface area (Å²) in [6.45, 7) is 0.281. The van der Waals surface area contributed by atoms with E-state index in [9.17, 15) is 0 Å². The normalized spacial score (nSPS) is 10.8. The highest BCUT2D eigenvalue weighted by Gasteiger charge is 2.07. The minimum absolute atomic E-state index is 0.281. The van der Waals surface area contributed by atoms with E-state index in [4.69, 9.17) is 33.7 Å². The van der Waals surface area contributed by atoms with Gasteiger partial charge in [-0.2, -0.15) is 0 Å². The quantitative estimate of drug-likeness (QED) is 0.761. The van der Waals surface area contributed by atoms with E-state index in [1.165, 1.54) is 0 Å². The Morgan fingerprint density at radius 3 is 2.71 bits per heavy atom.